The van der Waals surface area contributed by atoms with E-state index in [0.717, 1.165) is 12.8 Å². The third kappa shape index (κ3) is 4.84. The fourth-order valence-electron chi connectivity index (χ4n) is 2.42. The molecule has 0 amide bonds. The van der Waals surface area contributed by atoms with Crippen molar-refractivity contribution in [1.82, 2.24) is 4.98 Å². The molecule has 7 heteroatoms. The van der Waals surface area contributed by atoms with Crippen molar-refractivity contribution < 1.29 is 23.4 Å². The van der Waals surface area contributed by atoms with Crippen molar-refractivity contribution in [3.8, 4) is 5.88 Å². The summed E-state index contributed by atoms with van der Waals surface area (Å²) in [5.41, 5.74) is 0. The highest BCUT2D eigenvalue weighted by Crippen LogP contribution is 2.26. The summed E-state index contributed by atoms with van der Waals surface area (Å²) in [5, 5.41) is 12.1. The molecule has 2 rings (SSSR count). The van der Waals surface area contributed by atoms with Crippen LogP contribution in [0.15, 0.2) is 18.2 Å². The lowest BCUT2D eigenvalue weighted by Gasteiger charge is -2.27. The molecule has 116 valence electrons. The summed E-state index contributed by atoms with van der Waals surface area (Å²) < 4.78 is 29.0. The largest absolute Gasteiger partial charge is 0.481 e. The Kier molecular flexibility index (Phi) is 5.30. The Bertz CT molecular complexity index is 477. The molecule has 0 bridgehead atoms. The van der Waals surface area contributed by atoms with Crippen molar-refractivity contribution in [2.24, 2.45) is 5.92 Å². The number of nitrogens with one attached hydrogen (secondary N) is 1. The average Bonchev–Trinajstić information content (AvgIpc) is 2.46. The number of carboxylic acid groups (broad SMARTS) is 1. The minimum Gasteiger partial charge on any atom is -0.481 e. The molecular formula is C14H18F2N2O3. The van der Waals surface area contributed by atoms with Crippen LogP contribution in [0.1, 0.15) is 25.7 Å². The molecule has 1 saturated carbocycles. The van der Waals surface area contributed by atoms with Crippen molar-refractivity contribution >= 4 is 11.8 Å². The van der Waals surface area contributed by atoms with E-state index in [4.69, 9.17) is 9.84 Å². The minimum absolute atomic E-state index is 0.151. The predicted molar refractivity (Wildman–Crippen MR) is 72.7 cm³/mol. The number of halogens is 2. The van der Waals surface area contributed by atoms with Gasteiger partial charge in [0.25, 0.3) is 6.43 Å². The van der Waals surface area contributed by atoms with Crippen LogP contribution in [0.5, 0.6) is 5.88 Å². The summed E-state index contributed by atoms with van der Waals surface area (Å²) >= 11 is 0. The predicted octanol–water partition coefficient (Wildman–Crippen LogP) is 2.78. The molecule has 21 heavy (non-hydrogen) atoms. The van der Waals surface area contributed by atoms with E-state index in [-0.39, 0.29) is 17.8 Å². The van der Waals surface area contributed by atoms with Gasteiger partial charge in [-0.15, -0.1) is 0 Å². The maximum absolute atomic E-state index is 12.1. The van der Waals surface area contributed by atoms with Crippen LogP contribution >= 0.6 is 0 Å². The molecular weight excluding hydrogens is 282 g/mol. The second-order valence-electron chi connectivity index (χ2n) is 5.09. The van der Waals surface area contributed by atoms with E-state index in [1.807, 2.05) is 0 Å². The number of carboxylic acids is 1. The number of ether oxygens (including phenoxy) is 1. The van der Waals surface area contributed by atoms with Crippen LogP contribution in [-0.4, -0.2) is 35.1 Å². The minimum atomic E-state index is -2.53. The van der Waals surface area contributed by atoms with Gasteiger partial charge in [-0.05, 0) is 31.7 Å². The van der Waals surface area contributed by atoms with Crippen molar-refractivity contribution in [2.45, 2.75) is 38.2 Å². The number of pyridine rings is 1. The van der Waals surface area contributed by atoms with Crippen LogP contribution in [0.2, 0.25) is 0 Å². The first kappa shape index (κ1) is 15.5. The Morgan fingerprint density at radius 2 is 2.10 bits per heavy atom. The van der Waals surface area contributed by atoms with Gasteiger partial charge in [0.05, 0.1) is 5.92 Å². The first-order valence-electron chi connectivity index (χ1n) is 6.92. The van der Waals surface area contributed by atoms with Gasteiger partial charge in [-0.2, -0.15) is 4.98 Å². The summed E-state index contributed by atoms with van der Waals surface area (Å²) in [4.78, 5) is 15.0. The lowest BCUT2D eigenvalue weighted by atomic mass is 9.86. The normalized spacial score (nSPS) is 22.0. The van der Waals surface area contributed by atoms with E-state index in [1.165, 1.54) is 6.07 Å². The molecule has 1 aliphatic rings. The highest BCUT2D eigenvalue weighted by Gasteiger charge is 2.25. The van der Waals surface area contributed by atoms with Gasteiger partial charge in [-0.3, -0.25) is 4.79 Å². The Hall–Kier alpha value is -1.92. The Morgan fingerprint density at radius 3 is 2.71 bits per heavy atom. The molecule has 1 aromatic rings. The third-order valence-electron chi connectivity index (χ3n) is 3.51. The first-order chi connectivity index (χ1) is 10.0. The maximum atomic E-state index is 12.1. The maximum Gasteiger partial charge on any atom is 0.306 e. The molecule has 1 aliphatic carbocycles. The van der Waals surface area contributed by atoms with Gasteiger partial charge >= 0.3 is 5.97 Å². The number of hydrogen-bond donors (Lipinski definition) is 2. The van der Waals surface area contributed by atoms with Gasteiger partial charge in [-0.25, -0.2) is 8.78 Å². The van der Waals surface area contributed by atoms with Crippen LogP contribution in [0.4, 0.5) is 14.6 Å². The number of carbonyl (C=O) groups is 1. The summed E-state index contributed by atoms with van der Waals surface area (Å²) in [7, 11) is 0. The zero-order valence-corrected chi connectivity index (χ0v) is 11.5. The molecule has 0 aromatic carbocycles. The van der Waals surface area contributed by atoms with Crippen LogP contribution < -0.4 is 10.1 Å². The Labute approximate surface area is 121 Å². The molecule has 1 aromatic heterocycles. The number of alkyl halides is 2. The lowest BCUT2D eigenvalue weighted by molar-refractivity contribution is -0.142. The molecule has 0 atom stereocenters. The second kappa shape index (κ2) is 7.19. The molecule has 0 spiro atoms. The molecule has 0 aliphatic heterocycles. The van der Waals surface area contributed by atoms with Crippen molar-refractivity contribution in [3.05, 3.63) is 18.2 Å². The van der Waals surface area contributed by atoms with Gasteiger partial charge < -0.3 is 15.2 Å². The highest BCUT2D eigenvalue weighted by molar-refractivity contribution is 5.70. The monoisotopic (exact) mass is 300 g/mol. The van der Waals surface area contributed by atoms with E-state index in [1.54, 1.807) is 12.1 Å². The quantitative estimate of drug-likeness (QED) is 0.845. The Morgan fingerprint density at radius 1 is 1.38 bits per heavy atom. The standard InChI is InChI=1S/C14H18F2N2O3/c15-11(16)8-21-13-3-1-2-12(18-13)17-10-6-4-9(5-7-10)14(19)20/h1-3,9-11H,4-8H2,(H,17,18)(H,19,20). The number of rotatable bonds is 6. The summed E-state index contributed by atoms with van der Waals surface area (Å²) in [6.45, 7) is -0.680. The van der Waals surface area contributed by atoms with Crippen molar-refractivity contribution in [2.75, 3.05) is 11.9 Å². The highest BCUT2D eigenvalue weighted by atomic mass is 19.3. The zero-order valence-electron chi connectivity index (χ0n) is 11.5. The SMILES string of the molecule is O=C(O)C1CCC(Nc2cccc(OCC(F)F)n2)CC1. The van der Waals surface area contributed by atoms with E-state index in [2.05, 4.69) is 10.3 Å². The molecule has 2 N–H and O–H groups in total. The number of hydrogen-bond acceptors (Lipinski definition) is 4. The van der Waals surface area contributed by atoms with E-state index in [9.17, 15) is 13.6 Å². The lowest BCUT2D eigenvalue weighted by Crippen LogP contribution is -2.29. The van der Waals surface area contributed by atoms with E-state index >= 15 is 0 Å². The van der Waals surface area contributed by atoms with Crippen LogP contribution in [0.25, 0.3) is 0 Å². The molecule has 0 unspecified atom stereocenters. The van der Waals surface area contributed by atoms with Gasteiger partial charge in [0, 0.05) is 12.1 Å². The third-order valence-corrected chi connectivity index (χ3v) is 3.51. The second-order valence-corrected chi connectivity index (χ2v) is 5.09. The topological polar surface area (TPSA) is 71.5 Å². The molecule has 5 nitrogen and oxygen atoms in total. The van der Waals surface area contributed by atoms with Crippen LogP contribution in [0.3, 0.4) is 0 Å². The van der Waals surface area contributed by atoms with E-state index in [0.29, 0.717) is 18.7 Å². The van der Waals surface area contributed by atoms with Crippen molar-refractivity contribution in [3.63, 3.8) is 0 Å². The fourth-order valence-corrected chi connectivity index (χ4v) is 2.42. The zero-order chi connectivity index (χ0) is 15.2. The van der Waals surface area contributed by atoms with Gasteiger partial charge in [0.15, 0.2) is 6.61 Å². The summed E-state index contributed by atoms with van der Waals surface area (Å²) in [6.07, 6.45) is 0.236. The first-order valence-corrected chi connectivity index (χ1v) is 6.92. The molecule has 0 saturated heterocycles. The average molecular weight is 300 g/mol. The van der Waals surface area contributed by atoms with E-state index < -0.39 is 19.0 Å². The van der Waals surface area contributed by atoms with Crippen LogP contribution in [0, 0.1) is 5.92 Å². The number of nitrogens with zero attached hydrogens (tertiary/aromatic N) is 1. The van der Waals surface area contributed by atoms with Crippen molar-refractivity contribution in [1.29, 1.82) is 0 Å². The molecule has 1 fully saturated rings. The summed E-state index contributed by atoms with van der Waals surface area (Å²) in [6, 6.07) is 5.09. The van der Waals surface area contributed by atoms with Gasteiger partial charge in [0.1, 0.15) is 5.82 Å². The molecule has 0 radical (unpaired) electrons. The Balaban J connectivity index is 1.86. The summed E-state index contributed by atoms with van der Waals surface area (Å²) in [5.74, 6) is -0.300. The number of aliphatic carboxylic acids is 1. The van der Waals surface area contributed by atoms with Gasteiger partial charge in [0.2, 0.25) is 5.88 Å². The smallest absolute Gasteiger partial charge is 0.306 e. The fraction of sp³-hybridized carbons (Fsp3) is 0.571. The number of anilines is 1. The number of aromatic nitrogens is 1. The molecule has 1 heterocycles. The van der Waals surface area contributed by atoms with Gasteiger partial charge in [-0.1, -0.05) is 6.07 Å². The van der Waals surface area contributed by atoms with Crippen LogP contribution in [-0.2, 0) is 4.79 Å².